The molecule has 1 aliphatic rings. The zero-order chi connectivity index (χ0) is 18.7. The van der Waals surface area contributed by atoms with Gasteiger partial charge in [-0.15, -0.1) is 11.3 Å². The number of thiazole rings is 1. The Morgan fingerprint density at radius 2 is 2.04 bits per heavy atom. The standard InChI is InChI=1S/C18H18F3NO3S/c1-11-15(17(23)25-10-14-4-2-3-9-24-14)26-16(22-11)12-5-7-13(8-6-12)18(19,20)21/h5-8,14H,2-4,9-10H2,1H3. The molecule has 0 radical (unpaired) electrons. The SMILES string of the molecule is Cc1nc(-c2ccc(C(F)(F)F)cc2)sc1C(=O)OCC1CCCCO1. The molecule has 1 saturated heterocycles. The predicted molar refractivity (Wildman–Crippen MR) is 91.2 cm³/mol. The van der Waals surface area contributed by atoms with Gasteiger partial charge in [0, 0.05) is 12.2 Å². The minimum Gasteiger partial charge on any atom is -0.459 e. The van der Waals surface area contributed by atoms with Gasteiger partial charge in [0.25, 0.3) is 0 Å². The maximum absolute atomic E-state index is 12.6. The average molecular weight is 385 g/mol. The second kappa shape index (κ2) is 7.75. The Bertz CT molecular complexity index is 765. The Morgan fingerprint density at radius 1 is 1.31 bits per heavy atom. The highest BCUT2D eigenvalue weighted by Gasteiger charge is 2.30. The predicted octanol–water partition coefficient (Wildman–Crippen LogP) is 4.86. The van der Waals surface area contributed by atoms with Crippen LogP contribution in [0.5, 0.6) is 0 Å². The minimum absolute atomic E-state index is 0.0738. The van der Waals surface area contributed by atoms with Crippen LogP contribution in [-0.2, 0) is 15.7 Å². The molecule has 0 saturated carbocycles. The molecule has 0 N–H and O–H groups in total. The molecule has 0 bridgehead atoms. The van der Waals surface area contributed by atoms with Crippen molar-refractivity contribution in [2.24, 2.45) is 0 Å². The number of ether oxygens (including phenoxy) is 2. The van der Waals surface area contributed by atoms with E-state index in [1.54, 1.807) is 6.92 Å². The number of carbonyl (C=O) groups excluding carboxylic acids is 1. The van der Waals surface area contributed by atoms with Crippen LogP contribution in [0.3, 0.4) is 0 Å². The summed E-state index contributed by atoms with van der Waals surface area (Å²) in [4.78, 5) is 16.9. The van der Waals surface area contributed by atoms with Crippen molar-refractivity contribution < 1.29 is 27.4 Å². The maximum atomic E-state index is 12.6. The first-order valence-corrected chi connectivity index (χ1v) is 9.10. The van der Waals surface area contributed by atoms with Gasteiger partial charge in [-0.1, -0.05) is 12.1 Å². The fraction of sp³-hybridized carbons (Fsp3) is 0.444. The van der Waals surface area contributed by atoms with Crippen LogP contribution in [0.4, 0.5) is 13.2 Å². The summed E-state index contributed by atoms with van der Waals surface area (Å²) in [5.41, 5.74) is 0.307. The summed E-state index contributed by atoms with van der Waals surface area (Å²) in [6.45, 7) is 2.56. The third-order valence-corrected chi connectivity index (χ3v) is 5.30. The number of nitrogens with zero attached hydrogens (tertiary/aromatic N) is 1. The van der Waals surface area contributed by atoms with Gasteiger partial charge in [0.1, 0.15) is 16.5 Å². The second-order valence-corrected chi connectivity index (χ2v) is 7.09. The van der Waals surface area contributed by atoms with E-state index in [4.69, 9.17) is 9.47 Å². The number of aromatic nitrogens is 1. The number of aryl methyl sites for hydroxylation is 1. The Hall–Kier alpha value is -1.93. The molecule has 8 heteroatoms. The Kier molecular flexibility index (Phi) is 5.62. The highest BCUT2D eigenvalue weighted by molar-refractivity contribution is 7.17. The van der Waals surface area contributed by atoms with E-state index in [1.165, 1.54) is 12.1 Å². The van der Waals surface area contributed by atoms with E-state index in [1.807, 2.05) is 0 Å². The molecular weight excluding hydrogens is 367 g/mol. The van der Waals surface area contributed by atoms with Gasteiger partial charge >= 0.3 is 12.1 Å². The summed E-state index contributed by atoms with van der Waals surface area (Å²) in [6, 6.07) is 4.72. The van der Waals surface area contributed by atoms with Crippen molar-refractivity contribution in [2.45, 2.75) is 38.5 Å². The molecule has 26 heavy (non-hydrogen) atoms. The van der Waals surface area contributed by atoms with E-state index in [0.717, 1.165) is 42.7 Å². The van der Waals surface area contributed by atoms with Crippen molar-refractivity contribution in [1.29, 1.82) is 0 Å². The molecular formula is C18H18F3NO3S. The molecule has 1 aliphatic heterocycles. The molecule has 0 spiro atoms. The van der Waals surface area contributed by atoms with Crippen LogP contribution in [0.1, 0.15) is 40.2 Å². The number of rotatable bonds is 4. The van der Waals surface area contributed by atoms with Gasteiger partial charge in [0.15, 0.2) is 0 Å². The van der Waals surface area contributed by atoms with E-state index in [0.29, 0.717) is 27.7 Å². The third kappa shape index (κ3) is 4.42. The molecule has 1 atom stereocenters. The quantitative estimate of drug-likeness (QED) is 0.705. The highest BCUT2D eigenvalue weighted by atomic mass is 32.1. The van der Waals surface area contributed by atoms with Crippen molar-refractivity contribution >= 4 is 17.3 Å². The topological polar surface area (TPSA) is 48.4 Å². The summed E-state index contributed by atoms with van der Waals surface area (Å²) in [5.74, 6) is -0.479. The fourth-order valence-corrected chi connectivity index (χ4v) is 3.65. The van der Waals surface area contributed by atoms with Gasteiger partial charge in [-0.2, -0.15) is 13.2 Å². The molecule has 0 amide bonds. The molecule has 140 valence electrons. The number of benzene rings is 1. The van der Waals surface area contributed by atoms with E-state index in [2.05, 4.69) is 4.98 Å². The van der Waals surface area contributed by atoms with Crippen molar-refractivity contribution in [3.63, 3.8) is 0 Å². The van der Waals surface area contributed by atoms with Crippen molar-refractivity contribution in [3.05, 3.63) is 40.4 Å². The van der Waals surface area contributed by atoms with E-state index in [9.17, 15) is 18.0 Å². The summed E-state index contributed by atoms with van der Waals surface area (Å²) < 4.78 is 48.8. The zero-order valence-electron chi connectivity index (χ0n) is 14.1. The average Bonchev–Trinajstić information content (AvgIpc) is 3.02. The summed E-state index contributed by atoms with van der Waals surface area (Å²) in [6.07, 6.45) is -1.51. The normalized spacial score (nSPS) is 17.9. The fourth-order valence-electron chi connectivity index (χ4n) is 2.68. The van der Waals surface area contributed by atoms with Gasteiger partial charge in [-0.25, -0.2) is 9.78 Å². The lowest BCUT2D eigenvalue weighted by atomic mass is 10.1. The molecule has 2 aromatic rings. The Balaban J connectivity index is 1.69. The van der Waals surface area contributed by atoms with Crippen molar-refractivity contribution in [2.75, 3.05) is 13.2 Å². The molecule has 1 fully saturated rings. The molecule has 4 nitrogen and oxygen atoms in total. The molecule has 0 aliphatic carbocycles. The van der Waals surface area contributed by atoms with Gasteiger partial charge in [-0.3, -0.25) is 0 Å². The number of carbonyl (C=O) groups is 1. The van der Waals surface area contributed by atoms with Gasteiger partial charge < -0.3 is 9.47 Å². The van der Waals surface area contributed by atoms with Crippen LogP contribution in [0.2, 0.25) is 0 Å². The lowest BCUT2D eigenvalue weighted by Crippen LogP contribution is -2.25. The lowest BCUT2D eigenvalue weighted by molar-refractivity contribution is -0.137. The first-order valence-electron chi connectivity index (χ1n) is 8.28. The smallest absolute Gasteiger partial charge is 0.416 e. The van der Waals surface area contributed by atoms with Gasteiger partial charge in [0.2, 0.25) is 0 Å². The number of alkyl halides is 3. The number of hydrogen-bond acceptors (Lipinski definition) is 5. The maximum Gasteiger partial charge on any atom is 0.416 e. The van der Waals surface area contributed by atoms with Crippen molar-refractivity contribution in [1.82, 2.24) is 4.98 Å². The van der Waals surface area contributed by atoms with Crippen LogP contribution < -0.4 is 0 Å². The van der Waals surface area contributed by atoms with E-state index < -0.39 is 17.7 Å². The van der Waals surface area contributed by atoms with Crippen LogP contribution in [0, 0.1) is 6.92 Å². The number of hydrogen-bond donors (Lipinski definition) is 0. The Labute approximate surface area is 153 Å². The van der Waals surface area contributed by atoms with Crippen LogP contribution in [0.15, 0.2) is 24.3 Å². The van der Waals surface area contributed by atoms with Crippen LogP contribution in [0.25, 0.3) is 10.6 Å². The molecule has 1 unspecified atom stereocenters. The van der Waals surface area contributed by atoms with Crippen molar-refractivity contribution in [3.8, 4) is 10.6 Å². The lowest BCUT2D eigenvalue weighted by Gasteiger charge is -2.21. The molecule has 1 aromatic heterocycles. The molecule has 2 heterocycles. The monoisotopic (exact) mass is 385 g/mol. The number of esters is 1. The van der Waals surface area contributed by atoms with Crippen LogP contribution in [-0.4, -0.2) is 30.3 Å². The largest absolute Gasteiger partial charge is 0.459 e. The first kappa shape index (κ1) is 18.8. The van der Waals surface area contributed by atoms with Gasteiger partial charge in [-0.05, 0) is 38.3 Å². The second-order valence-electron chi connectivity index (χ2n) is 6.10. The minimum atomic E-state index is -4.38. The highest BCUT2D eigenvalue weighted by Crippen LogP contribution is 2.33. The number of halogens is 3. The van der Waals surface area contributed by atoms with Crippen LogP contribution >= 0.6 is 11.3 Å². The first-order chi connectivity index (χ1) is 12.3. The molecule has 3 rings (SSSR count). The van der Waals surface area contributed by atoms with E-state index >= 15 is 0 Å². The van der Waals surface area contributed by atoms with E-state index in [-0.39, 0.29) is 12.7 Å². The zero-order valence-corrected chi connectivity index (χ0v) is 15.0. The summed E-state index contributed by atoms with van der Waals surface area (Å²) in [5, 5.41) is 0.483. The Morgan fingerprint density at radius 3 is 2.65 bits per heavy atom. The summed E-state index contributed by atoms with van der Waals surface area (Å²) >= 11 is 1.11. The summed E-state index contributed by atoms with van der Waals surface area (Å²) in [7, 11) is 0. The molecule has 1 aromatic carbocycles. The third-order valence-electron chi connectivity index (χ3n) is 4.12. The van der Waals surface area contributed by atoms with Gasteiger partial charge in [0.05, 0.1) is 17.4 Å².